The number of amides is 1. The average molecular weight is 290 g/mol. The molecule has 1 saturated heterocycles. The summed E-state index contributed by atoms with van der Waals surface area (Å²) in [4.78, 5) is 23.4. The van der Waals surface area contributed by atoms with Crippen LogP contribution in [0.4, 0.5) is 0 Å². The number of carboxylic acid groups (broad SMARTS) is 1. The van der Waals surface area contributed by atoms with E-state index in [1.54, 1.807) is 11.8 Å². The first-order valence-electron chi connectivity index (χ1n) is 6.51. The predicted octanol–water partition coefficient (Wildman–Crippen LogP) is 0.0296. The minimum absolute atomic E-state index is 0.223. The molecule has 0 radical (unpaired) electrons. The first kappa shape index (κ1) is 16.3. The number of hydrogen-bond acceptors (Lipinski definition) is 5. The zero-order valence-corrected chi connectivity index (χ0v) is 12.0. The van der Waals surface area contributed by atoms with Gasteiger partial charge in [0.25, 0.3) is 0 Å². The molecule has 1 fully saturated rings. The van der Waals surface area contributed by atoms with Gasteiger partial charge < -0.3 is 15.2 Å². The number of carbonyl (C=O) groups excluding carboxylic acids is 1. The lowest BCUT2D eigenvalue weighted by Crippen LogP contribution is -2.43. The van der Waals surface area contributed by atoms with Gasteiger partial charge in [-0.1, -0.05) is 6.92 Å². The van der Waals surface area contributed by atoms with E-state index in [0.29, 0.717) is 18.6 Å². The Hall–Kier alpha value is -0.790. The quantitative estimate of drug-likeness (QED) is 0.461. The molecule has 19 heavy (non-hydrogen) atoms. The molecule has 0 bridgehead atoms. The molecular formula is C12H22N2O4S. The largest absolute Gasteiger partial charge is 0.480 e. The smallest absolute Gasteiger partial charge is 0.326 e. The minimum atomic E-state index is -0.987. The summed E-state index contributed by atoms with van der Waals surface area (Å²) in [5, 5.41) is 11.2. The molecule has 1 aliphatic rings. The summed E-state index contributed by atoms with van der Waals surface area (Å²) in [6.45, 7) is 5.87. The van der Waals surface area contributed by atoms with Gasteiger partial charge in [0.05, 0.1) is 12.7 Å². The molecular weight excluding hydrogens is 268 g/mol. The molecule has 6 nitrogen and oxygen atoms in total. The first-order valence-corrected chi connectivity index (χ1v) is 7.67. The van der Waals surface area contributed by atoms with Gasteiger partial charge in [-0.3, -0.25) is 9.69 Å². The Morgan fingerprint density at radius 2 is 2.47 bits per heavy atom. The Morgan fingerprint density at radius 1 is 1.68 bits per heavy atom. The lowest BCUT2D eigenvalue weighted by atomic mass is 10.2. The van der Waals surface area contributed by atoms with Crippen molar-refractivity contribution < 1.29 is 19.4 Å². The molecule has 2 unspecified atom stereocenters. The Bertz CT molecular complexity index is 291. The molecule has 0 saturated carbocycles. The fourth-order valence-corrected chi connectivity index (χ4v) is 2.98. The summed E-state index contributed by atoms with van der Waals surface area (Å²) in [5.41, 5.74) is 0. The van der Waals surface area contributed by atoms with Gasteiger partial charge in [-0.15, -0.1) is 0 Å². The number of rotatable bonds is 9. The number of nitrogens with one attached hydrogen (secondary N) is 1. The average Bonchev–Trinajstić information content (AvgIpc) is 2.42. The third-order valence-electron chi connectivity index (χ3n) is 3.09. The van der Waals surface area contributed by atoms with Crippen LogP contribution in [0.1, 0.15) is 13.3 Å². The van der Waals surface area contributed by atoms with Gasteiger partial charge in [-0.05, 0) is 18.7 Å². The highest BCUT2D eigenvalue weighted by atomic mass is 32.2. The molecule has 1 amide bonds. The lowest BCUT2D eigenvalue weighted by Gasteiger charge is -2.31. The first-order chi connectivity index (χ1) is 9.17. The maximum absolute atomic E-state index is 10.8. The Labute approximate surface area is 117 Å². The van der Waals surface area contributed by atoms with Crippen LogP contribution >= 0.6 is 11.8 Å². The van der Waals surface area contributed by atoms with Crippen molar-refractivity contribution in [1.82, 2.24) is 10.2 Å². The van der Waals surface area contributed by atoms with Crippen LogP contribution in [0.25, 0.3) is 0 Å². The summed E-state index contributed by atoms with van der Waals surface area (Å²) in [6, 6.07) is -0.788. The summed E-state index contributed by atoms with van der Waals surface area (Å²) in [7, 11) is 0. The van der Waals surface area contributed by atoms with E-state index in [1.807, 2.05) is 0 Å². The minimum Gasteiger partial charge on any atom is -0.480 e. The second-order valence-electron chi connectivity index (χ2n) is 4.42. The maximum Gasteiger partial charge on any atom is 0.326 e. The number of ether oxygens (including phenoxy) is 1. The third kappa shape index (κ3) is 6.26. The topological polar surface area (TPSA) is 78.9 Å². The van der Waals surface area contributed by atoms with Crippen LogP contribution in [-0.2, 0) is 14.3 Å². The molecule has 0 aromatic carbocycles. The predicted molar refractivity (Wildman–Crippen MR) is 74.4 cm³/mol. The fourth-order valence-electron chi connectivity index (χ4n) is 1.94. The van der Waals surface area contributed by atoms with Crippen molar-refractivity contribution in [3.05, 3.63) is 0 Å². The molecule has 2 N–H and O–H groups in total. The van der Waals surface area contributed by atoms with E-state index >= 15 is 0 Å². The van der Waals surface area contributed by atoms with Crippen molar-refractivity contribution in [1.29, 1.82) is 0 Å². The van der Waals surface area contributed by atoms with E-state index < -0.39 is 12.0 Å². The number of likely N-dealkylation sites (N-methyl/N-ethyl adjacent to an activating group) is 1. The maximum atomic E-state index is 10.8. The van der Waals surface area contributed by atoms with Crippen molar-refractivity contribution in [3.8, 4) is 0 Å². The van der Waals surface area contributed by atoms with Crippen molar-refractivity contribution in [3.63, 3.8) is 0 Å². The number of aliphatic carboxylic acids is 1. The fraction of sp³-hybridized carbons (Fsp3) is 0.833. The number of morpholine rings is 1. The van der Waals surface area contributed by atoms with Gasteiger partial charge in [0.1, 0.15) is 6.04 Å². The highest BCUT2D eigenvalue weighted by molar-refractivity contribution is 7.99. The third-order valence-corrected chi connectivity index (χ3v) is 4.22. The van der Waals surface area contributed by atoms with Crippen molar-refractivity contribution >= 4 is 24.1 Å². The van der Waals surface area contributed by atoms with Gasteiger partial charge >= 0.3 is 5.97 Å². The van der Waals surface area contributed by atoms with Gasteiger partial charge in [0.15, 0.2) is 0 Å². The van der Waals surface area contributed by atoms with E-state index in [1.165, 1.54) is 0 Å². The van der Waals surface area contributed by atoms with E-state index in [2.05, 4.69) is 17.1 Å². The van der Waals surface area contributed by atoms with Crippen LogP contribution < -0.4 is 5.32 Å². The molecule has 0 aromatic heterocycles. The van der Waals surface area contributed by atoms with Crippen molar-refractivity contribution in [2.24, 2.45) is 0 Å². The summed E-state index contributed by atoms with van der Waals surface area (Å²) >= 11 is 1.67. The monoisotopic (exact) mass is 290 g/mol. The molecule has 7 heteroatoms. The van der Waals surface area contributed by atoms with Crippen LogP contribution in [0, 0.1) is 0 Å². The van der Waals surface area contributed by atoms with Gasteiger partial charge in [0, 0.05) is 18.8 Å². The number of nitrogens with zero attached hydrogens (tertiary/aromatic N) is 1. The summed E-state index contributed by atoms with van der Waals surface area (Å²) in [5.74, 6) is 0.576. The summed E-state index contributed by atoms with van der Waals surface area (Å²) in [6.07, 6.45) is 1.09. The zero-order chi connectivity index (χ0) is 14.1. The second kappa shape index (κ2) is 9.17. The van der Waals surface area contributed by atoms with Crippen LogP contribution in [0.3, 0.4) is 0 Å². The lowest BCUT2D eigenvalue weighted by molar-refractivity contribution is -0.140. The number of carbonyl (C=O) groups is 2. The molecule has 1 rings (SSSR count). The van der Waals surface area contributed by atoms with E-state index in [0.717, 1.165) is 32.0 Å². The molecule has 0 spiro atoms. The highest BCUT2D eigenvalue weighted by Gasteiger charge is 2.20. The van der Waals surface area contributed by atoms with Crippen LogP contribution in [0.2, 0.25) is 0 Å². The number of carboxylic acids is 1. The van der Waals surface area contributed by atoms with Crippen LogP contribution in [-0.4, -0.2) is 72.3 Å². The van der Waals surface area contributed by atoms with E-state index in [9.17, 15) is 9.59 Å². The molecule has 0 aliphatic carbocycles. The second-order valence-corrected chi connectivity index (χ2v) is 5.57. The van der Waals surface area contributed by atoms with Crippen molar-refractivity contribution in [2.75, 3.05) is 37.7 Å². The normalized spacial score (nSPS) is 21.8. The van der Waals surface area contributed by atoms with E-state index in [4.69, 9.17) is 9.84 Å². The Kier molecular flexibility index (Phi) is 7.85. The van der Waals surface area contributed by atoms with Crippen LogP contribution in [0.15, 0.2) is 0 Å². The molecule has 2 atom stereocenters. The number of thioether (sulfide) groups is 1. The highest BCUT2D eigenvalue weighted by Crippen LogP contribution is 2.13. The van der Waals surface area contributed by atoms with Gasteiger partial charge in [0.2, 0.25) is 6.41 Å². The van der Waals surface area contributed by atoms with Gasteiger partial charge in [-0.2, -0.15) is 11.8 Å². The molecule has 1 heterocycles. The number of hydrogen-bond donors (Lipinski definition) is 2. The van der Waals surface area contributed by atoms with E-state index in [-0.39, 0.29) is 6.10 Å². The molecule has 1 aliphatic heterocycles. The zero-order valence-electron chi connectivity index (χ0n) is 11.2. The Morgan fingerprint density at radius 3 is 3.11 bits per heavy atom. The van der Waals surface area contributed by atoms with Gasteiger partial charge in [-0.25, -0.2) is 4.79 Å². The SMILES string of the molecule is CCN1CCOC(CSCCC(NC=O)C(=O)O)C1. The molecule has 110 valence electrons. The summed E-state index contributed by atoms with van der Waals surface area (Å²) < 4.78 is 5.66. The Balaban J connectivity index is 2.15. The standard InChI is InChI=1S/C12H22N2O4S/c1-2-14-4-5-18-10(7-14)8-19-6-3-11(12(16)17)13-9-15/h9-11H,2-8H2,1H3,(H,13,15)(H,16,17). The molecule has 0 aromatic rings. The van der Waals surface area contributed by atoms with Crippen molar-refractivity contribution in [2.45, 2.75) is 25.5 Å². The van der Waals surface area contributed by atoms with Crippen LogP contribution in [0.5, 0.6) is 0 Å².